The standard InChI is InChI=1S/C13H26ClNO/c1-10(2)7-15(8-11(3)4)12(16)13(5,6)9-14/h10-11H,7-9H2,1-6H3. The van der Waals surface area contributed by atoms with Crippen molar-refractivity contribution in [3.63, 3.8) is 0 Å². The minimum absolute atomic E-state index is 0.171. The van der Waals surface area contributed by atoms with Crippen molar-refractivity contribution in [2.24, 2.45) is 17.3 Å². The minimum atomic E-state index is -0.453. The molecule has 0 N–H and O–H groups in total. The zero-order valence-electron chi connectivity index (χ0n) is 11.5. The highest BCUT2D eigenvalue weighted by molar-refractivity contribution is 6.19. The Morgan fingerprint density at radius 2 is 1.50 bits per heavy atom. The van der Waals surface area contributed by atoms with Crippen LogP contribution in [0.15, 0.2) is 0 Å². The lowest BCUT2D eigenvalue weighted by atomic mass is 9.93. The van der Waals surface area contributed by atoms with E-state index in [1.165, 1.54) is 0 Å². The van der Waals surface area contributed by atoms with E-state index in [-0.39, 0.29) is 5.91 Å². The number of halogens is 1. The van der Waals surface area contributed by atoms with Gasteiger partial charge >= 0.3 is 0 Å². The Hall–Kier alpha value is -0.240. The molecule has 0 saturated carbocycles. The molecule has 0 spiro atoms. The Bertz CT molecular complexity index is 214. The molecule has 0 saturated heterocycles. The van der Waals surface area contributed by atoms with Crippen molar-refractivity contribution in [1.29, 1.82) is 0 Å². The van der Waals surface area contributed by atoms with Crippen LogP contribution in [0.1, 0.15) is 41.5 Å². The van der Waals surface area contributed by atoms with Gasteiger partial charge in [0.05, 0.1) is 5.41 Å². The van der Waals surface area contributed by atoms with Gasteiger partial charge in [-0.1, -0.05) is 27.7 Å². The van der Waals surface area contributed by atoms with Crippen LogP contribution in [0, 0.1) is 17.3 Å². The molecule has 0 heterocycles. The van der Waals surface area contributed by atoms with Gasteiger partial charge in [0, 0.05) is 19.0 Å². The van der Waals surface area contributed by atoms with Crippen molar-refractivity contribution in [2.75, 3.05) is 19.0 Å². The molecule has 0 bridgehead atoms. The summed E-state index contributed by atoms with van der Waals surface area (Å²) in [6.07, 6.45) is 0. The first-order valence-corrected chi connectivity index (χ1v) is 6.59. The molecule has 0 aromatic carbocycles. The molecule has 0 atom stereocenters. The van der Waals surface area contributed by atoms with Gasteiger partial charge in [0.1, 0.15) is 0 Å². The van der Waals surface area contributed by atoms with Crippen molar-refractivity contribution in [2.45, 2.75) is 41.5 Å². The van der Waals surface area contributed by atoms with Gasteiger partial charge in [0.25, 0.3) is 0 Å². The predicted octanol–water partition coefficient (Wildman–Crippen LogP) is 3.39. The SMILES string of the molecule is CC(C)CN(CC(C)C)C(=O)C(C)(C)CCl. The van der Waals surface area contributed by atoms with E-state index in [0.717, 1.165) is 13.1 Å². The fourth-order valence-electron chi connectivity index (χ4n) is 1.61. The van der Waals surface area contributed by atoms with Crippen LogP contribution in [0.5, 0.6) is 0 Å². The molecule has 1 amide bonds. The highest BCUT2D eigenvalue weighted by atomic mass is 35.5. The van der Waals surface area contributed by atoms with Crippen LogP contribution in [-0.2, 0) is 4.79 Å². The second kappa shape index (κ2) is 6.48. The van der Waals surface area contributed by atoms with Crippen LogP contribution in [0.25, 0.3) is 0 Å². The molecule has 0 aliphatic rings. The number of rotatable bonds is 6. The summed E-state index contributed by atoms with van der Waals surface area (Å²) in [6.45, 7) is 14.0. The summed E-state index contributed by atoms with van der Waals surface area (Å²) >= 11 is 5.86. The number of carbonyl (C=O) groups excluding carboxylic acids is 1. The summed E-state index contributed by atoms with van der Waals surface area (Å²) in [5.41, 5.74) is -0.453. The first kappa shape index (κ1) is 15.8. The molecule has 16 heavy (non-hydrogen) atoms. The summed E-state index contributed by atoms with van der Waals surface area (Å²) in [4.78, 5) is 14.3. The molecule has 0 aliphatic heterocycles. The van der Waals surface area contributed by atoms with E-state index in [2.05, 4.69) is 27.7 Å². The van der Waals surface area contributed by atoms with E-state index >= 15 is 0 Å². The lowest BCUT2D eigenvalue weighted by Gasteiger charge is -2.33. The zero-order valence-corrected chi connectivity index (χ0v) is 12.3. The number of alkyl halides is 1. The van der Waals surface area contributed by atoms with Crippen LogP contribution >= 0.6 is 11.6 Å². The highest BCUT2D eigenvalue weighted by Gasteiger charge is 2.31. The molecule has 96 valence electrons. The molecule has 0 aromatic rings. The zero-order chi connectivity index (χ0) is 12.9. The molecule has 0 unspecified atom stereocenters. The van der Waals surface area contributed by atoms with Gasteiger partial charge in [-0.2, -0.15) is 0 Å². The third-order valence-corrected chi connectivity index (χ3v) is 3.04. The second-order valence-corrected chi connectivity index (χ2v) is 6.28. The van der Waals surface area contributed by atoms with E-state index in [1.807, 2.05) is 18.7 Å². The van der Waals surface area contributed by atoms with E-state index < -0.39 is 5.41 Å². The summed E-state index contributed by atoms with van der Waals surface area (Å²) in [6, 6.07) is 0. The van der Waals surface area contributed by atoms with Gasteiger partial charge < -0.3 is 4.90 Å². The summed E-state index contributed by atoms with van der Waals surface area (Å²) < 4.78 is 0. The average molecular weight is 248 g/mol. The molecule has 0 fully saturated rings. The van der Waals surface area contributed by atoms with Crippen LogP contribution in [0.3, 0.4) is 0 Å². The molecular formula is C13H26ClNO. The van der Waals surface area contributed by atoms with Crippen LogP contribution < -0.4 is 0 Å². The van der Waals surface area contributed by atoms with Crippen LogP contribution in [-0.4, -0.2) is 29.8 Å². The number of hydrogen-bond acceptors (Lipinski definition) is 1. The van der Waals surface area contributed by atoms with Crippen molar-refractivity contribution >= 4 is 17.5 Å². The molecule has 2 nitrogen and oxygen atoms in total. The van der Waals surface area contributed by atoms with Gasteiger partial charge in [0.15, 0.2) is 0 Å². The van der Waals surface area contributed by atoms with Gasteiger partial charge in [-0.15, -0.1) is 11.6 Å². The fourth-order valence-corrected chi connectivity index (χ4v) is 1.72. The van der Waals surface area contributed by atoms with E-state index in [0.29, 0.717) is 17.7 Å². The van der Waals surface area contributed by atoms with Crippen LogP contribution in [0.4, 0.5) is 0 Å². The maximum Gasteiger partial charge on any atom is 0.229 e. The largest absolute Gasteiger partial charge is 0.342 e. The number of hydrogen-bond donors (Lipinski definition) is 0. The number of amides is 1. The molecular weight excluding hydrogens is 222 g/mol. The van der Waals surface area contributed by atoms with Gasteiger partial charge in [-0.3, -0.25) is 4.79 Å². The molecule has 0 radical (unpaired) electrons. The van der Waals surface area contributed by atoms with Gasteiger partial charge in [-0.25, -0.2) is 0 Å². The Morgan fingerprint density at radius 1 is 1.12 bits per heavy atom. The third-order valence-electron chi connectivity index (χ3n) is 2.37. The molecule has 0 rings (SSSR count). The Kier molecular flexibility index (Phi) is 6.39. The van der Waals surface area contributed by atoms with Gasteiger partial charge in [-0.05, 0) is 25.7 Å². The lowest BCUT2D eigenvalue weighted by Crippen LogP contribution is -2.45. The minimum Gasteiger partial charge on any atom is -0.342 e. The maximum absolute atomic E-state index is 12.3. The normalized spacial score (nSPS) is 12.3. The maximum atomic E-state index is 12.3. The monoisotopic (exact) mass is 247 g/mol. The number of nitrogens with zero attached hydrogens (tertiary/aromatic N) is 1. The Morgan fingerprint density at radius 3 is 1.75 bits per heavy atom. The van der Waals surface area contributed by atoms with E-state index in [1.54, 1.807) is 0 Å². The van der Waals surface area contributed by atoms with E-state index in [4.69, 9.17) is 11.6 Å². The fraction of sp³-hybridized carbons (Fsp3) is 0.923. The highest BCUT2D eigenvalue weighted by Crippen LogP contribution is 2.22. The Labute approximate surface area is 105 Å². The average Bonchev–Trinajstić information content (AvgIpc) is 2.14. The summed E-state index contributed by atoms with van der Waals surface area (Å²) in [7, 11) is 0. The molecule has 0 aromatic heterocycles. The summed E-state index contributed by atoms with van der Waals surface area (Å²) in [5, 5.41) is 0. The first-order valence-electron chi connectivity index (χ1n) is 6.06. The Balaban J connectivity index is 4.68. The second-order valence-electron chi connectivity index (χ2n) is 6.02. The molecule has 0 aliphatic carbocycles. The van der Waals surface area contributed by atoms with Crippen molar-refractivity contribution in [1.82, 2.24) is 4.90 Å². The lowest BCUT2D eigenvalue weighted by molar-refractivity contribution is -0.140. The quantitative estimate of drug-likeness (QED) is 0.659. The number of carbonyl (C=O) groups is 1. The predicted molar refractivity (Wildman–Crippen MR) is 70.8 cm³/mol. The topological polar surface area (TPSA) is 20.3 Å². The van der Waals surface area contributed by atoms with E-state index in [9.17, 15) is 4.79 Å². The summed E-state index contributed by atoms with van der Waals surface area (Å²) in [5.74, 6) is 1.53. The van der Waals surface area contributed by atoms with Crippen LogP contribution in [0.2, 0.25) is 0 Å². The first-order chi connectivity index (χ1) is 7.20. The smallest absolute Gasteiger partial charge is 0.229 e. The van der Waals surface area contributed by atoms with Crippen molar-refractivity contribution in [3.05, 3.63) is 0 Å². The third kappa shape index (κ3) is 5.20. The van der Waals surface area contributed by atoms with Crippen molar-refractivity contribution in [3.8, 4) is 0 Å². The van der Waals surface area contributed by atoms with Gasteiger partial charge in [0.2, 0.25) is 5.91 Å². The van der Waals surface area contributed by atoms with Crippen molar-refractivity contribution < 1.29 is 4.79 Å². The molecule has 3 heteroatoms.